The first-order chi connectivity index (χ1) is 8.31. The predicted molar refractivity (Wildman–Crippen MR) is 78.2 cm³/mol. The Hall–Kier alpha value is -1.02. The predicted octanol–water partition coefficient (Wildman–Crippen LogP) is 3.97. The van der Waals surface area contributed by atoms with Crippen LogP contribution >= 0.6 is 0 Å². The third kappa shape index (κ3) is 4.69. The van der Waals surface area contributed by atoms with Gasteiger partial charge in [-0.15, -0.1) is 0 Å². The molecule has 1 unspecified atom stereocenters. The number of aromatic hydroxyl groups is 1. The molecule has 0 aliphatic heterocycles. The fraction of sp³-hybridized carbons (Fsp3) is 0.625. The maximum Gasteiger partial charge on any atom is 0.118 e. The molecule has 1 atom stereocenters. The number of hydrogen-bond donors (Lipinski definition) is 2. The fourth-order valence-corrected chi connectivity index (χ4v) is 2.20. The molecule has 0 aliphatic carbocycles. The van der Waals surface area contributed by atoms with Crippen molar-refractivity contribution in [3.8, 4) is 5.75 Å². The van der Waals surface area contributed by atoms with Gasteiger partial charge in [0.05, 0.1) is 0 Å². The molecule has 102 valence electrons. The first-order valence-electron chi connectivity index (χ1n) is 6.85. The Morgan fingerprint density at radius 3 is 2.56 bits per heavy atom. The fourth-order valence-electron chi connectivity index (χ4n) is 2.20. The van der Waals surface area contributed by atoms with Crippen molar-refractivity contribution in [1.82, 2.24) is 5.32 Å². The van der Waals surface area contributed by atoms with E-state index < -0.39 is 0 Å². The standard InChI is InChI=1S/C16H27NO/c1-12(8-7-11-17-16(3,4)5)14-9-6-10-15(18)13(14)2/h6,9-10,12,17-18H,7-8,11H2,1-5H3. The molecular formula is C16H27NO. The molecular weight excluding hydrogens is 222 g/mol. The van der Waals surface area contributed by atoms with Crippen molar-refractivity contribution >= 4 is 0 Å². The van der Waals surface area contributed by atoms with Gasteiger partial charge in [0.15, 0.2) is 0 Å². The molecule has 2 N–H and O–H groups in total. The summed E-state index contributed by atoms with van der Waals surface area (Å²) in [6.45, 7) is 11.8. The van der Waals surface area contributed by atoms with Crippen LogP contribution in [0.25, 0.3) is 0 Å². The van der Waals surface area contributed by atoms with E-state index in [2.05, 4.69) is 39.1 Å². The molecule has 18 heavy (non-hydrogen) atoms. The summed E-state index contributed by atoms with van der Waals surface area (Å²) >= 11 is 0. The minimum Gasteiger partial charge on any atom is -0.508 e. The van der Waals surface area contributed by atoms with Gasteiger partial charge in [-0.2, -0.15) is 0 Å². The van der Waals surface area contributed by atoms with Crippen LogP contribution in [0.2, 0.25) is 0 Å². The van der Waals surface area contributed by atoms with Crippen molar-refractivity contribution in [2.75, 3.05) is 6.54 Å². The van der Waals surface area contributed by atoms with Crippen LogP contribution in [0.3, 0.4) is 0 Å². The number of benzene rings is 1. The molecule has 1 rings (SSSR count). The van der Waals surface area contributed by atoms with Crippen molar-refractivity contribution in [1.29, 1.82) is 0 Å². The lowest BCUT2D eigenvalue weighted by Crippen LogP contribution is -2.36. The van der Waals surface area contributed by atoms with Gasteiger partial charge < -0.3 is 10.4 Å². The van der Waals surface area contributed by atoms with E-state index in [0.717, 1.165) is 24.9 Å². The van der Waals surface area contributed by atoms with Crippen LogP contribution in [0, 0.1) is 6.92 Å². The molecule has 0 aliphatic rings. The van der Waals surface area contributed by atoms with Gasteiger partial charge in [-0.05, 0) is 70.2 Å². The van der Waals surface area contributed by atoms with Gasteiger partial charge in [-0.25, -0.2) is 0 Å². The molecule has 0 saturated heterocycles. The van der Waals surface area contributed by atoms with Crippen LogP contribution in [-0.2, 0) is 0 Å². The topological polar surface area (TPSA) is 32.3 Å². The lowest BCUT2D eigenvalue weighted by Gasteiger charge is -2.21. The molecule has 0 bridgehead atoms. The Balaban J connectivity index is 2.46. The summed E-state index contributed by atoms with van der Waals surface area (Å²) < 4.78 is 0. The van der Waals surface area contributed by atoms with Crippen LogP contribution in [0.5, 0.6) is 5.75 Å². The number of phenolic OH excluding ortho intramolecular Hbond substituents is 1. The second kappa shape index (κ2) is 6.24. The van der Waals surface area contributed by atoms with E-state index in [9.17, 15) is 5.11 Å². The zero-order valence-electron chi connectivity index (χ0n) is 12.4. The summed E-state index contributed by atoms with van der Waals surface area (Å²) in [5, 5.41) is 13.2. The van der Waals surface area contributed by atoms with Crippen molar-refractivity contribution in [3.05, 3.63) is 29.3 Å². The molecule has 0 heterocycles. The number of hydrogen-bond acceptors (Lipinski definition) is 2. The van der Waals surface area contributed by atoms with E-state index in [1.165, 1.54) is 5.56 Å². The van der Waals surface area contributed by atoms with E-state index in [1.807, 2.05) is 13.0 Å². The molecule has 0 aromatic heterocycles. The van der Waals surface area contributed by atoms with E-state index in [1.54, 1.807) is 6.07 Å². The van der Waals surface area contributed by atoms with Gasteiger partial charge in [-0.1, -0.05) is 19.1 Å². The molecule has 0 radical (unpaired) electrons. The number of phenols is 1. The SMILES string of the molecule is Cc1c(O)cccc1C(C)CCCNC(C)(C)C. The smallest absolute Gasteiger partial charge is 0.118 e. The first-order valence-corrected chi connectivity index (χ1v) is 6.85. The third-order valence-electron chi connectivity index (χ3n) is 3.35. The monoisotopic (exact) mass is 249 g/mol. The Bertz CT molecular complexity index is 379. The molecule has 0 fully saturated rings. The average Bonchev–Trinajstić information content (AvgIpc) is 2.26. The van der Waals surface area contributed by atoms with Crippen molar-refractivity contribution in [3.63, 3.8) is 0 Å². The largest absolute Gasteiger partial charge is 0.508 e. The van der Waals surface area contributed by atoms with Crippen LogP contribution < -0.4 is 5.32 Å². The lowest BCUT2D eigenvalue weighted by atomic mass is 9.92. The van der Waals surface area contributed by atoms with Gasteiger partial charge in [-0.3, -0.25) is 0 Å². The minimum atomic E-state index is 0.199. The van der Waals surface area contributed by atoms with Crippen molar-refractivity contribution in [2.45, 2.75) is 58.9 Å². The lowest BCUT2D eigenvalue weighted by molar-refractivity contribution is 0.414. The Labute approximate surface area is 111 Å². The quantitative estimate of drug-likeness (QED) is 0.774. The molecule has 2 nitrogen and oxygen atoms in total. The van der Waals surface area contributed by atoms with Crippen molar-refractivity contribution < 1.29 is 5.11 Å². The molecule has 0 spiro atoms. The summed E-state index contributed by atoms with van der Waals surface area (Å²) in [6, 6.07) is 5.81. The van der Waals surface area contributed by atoms with Gasteiger partial charge in [0.25, 0.3) is 0 Å². The van der Waals surface area contributed by atoms with Gasteiger partial charge in [0.2, 0.25) is 0 Å². The van der Waals surface area contributed by atoms with E-state index in [-0.39, 0.29) is 5.54 Å². The second-order valence-electron chi connectivity index (χ2n) is 6.21. The maximum absolute atomic E-state index is 9.71. The Kier molecular flexibility index (Phi) is 5.21. The highest BCUT2D eigenvalue weighted by Gasteiger charge is 2.12. The molecule has 2 heteroatoms. The summed E-state index contributed by atoms with van der Waals surface area (Å²) in [7, 11) is 0. The highest BCUT2D eigenvalue weighted by Crippen LogP contribution is 2.28. The van der Waals surface area contributed by atoms with Gasteiger partial charge in [0.1, 0.15) is 5.75 Å². The molecule has 0 amide bonds. The van der Waals surface area contributed by atoms with Crippen LogP contribution in [0.1, 0.15) is 57.6 Å². The zero-order valence-corrected chi connectivity index (χ0v) is 12.4. The molecule has 0 saturated carbocycles. The first kappa shape index (κ1) is 15.0. The van der Waals surface area contributed by atoms with Crippen LogP contribution in [0.4, 0.5) is 0 Å². The average molecular weight is 249 g/mol. The third-order valence-corrected chi connectivity index (χ3v) is 3.35. The summed E-state index contributed by atoms with van der Waals surface area (Å²) in [6.07, 6.45) is 2.31. The van der Waals surface area contributed by atoms with E-state index in [0.29, 0.717) is 11.7 Å². The Morgan fingerprint density at radius 1 is 1.28 bits per heavy atom. The van der Waals surface area contributed by atoms with Crippen LogP contribution in [-0.4, -0.2) is 17.2 Å². The summed E-state index contributed by atoms with van der Waals surface area (Å²) in [4.78, 5) is 0. The Morgan fingerprint density at radius 2 is 1.94 bits per heavy atom. The zero-order chi connectivity index (χ0) is 13.8. The second-order valence-corrected chi connectivity index (χ2v) is 6.21. The molecule has 1 aromatic carbocycles. The highest BCUT2D eigenvalue weighted by molar-refractivity contribution is 5.39. The maximum atomic E-state index is 9.71. The summed E-state index contributed by atoms with van der Waals surface area (Å²) in [5.41, 5.74) is 2.49. The summed E-state index contributed by atoms with van der Waals surface area (Å²) in [5.74, 6) is 0.908. The van der Waals surface area contributed by atoms with E-state index in [4.69, 9.17) is 0 Å². The van der Waals surface area contributed by atoms with Gasteiger partial charge in [0, 0.05) is 5.54 Å². The van der Waals surface area contributed by atoms with E-state index >= 15 is 0 Å². The van der Waals surface area contributed by atoms with Crippen molar-refractivity contribution in [2.24, 2.45) is 0 Å². The number of rotatable bonds is 5. The molecule has 1 aromatic rings. The highest BCUT2D eigenvalue weighted by atomic mass is 16.3. The number of nitrogens with one attached hydrogen (secondary N) is 1. The van der Waals surface area contributed by atoms with Gasteiger partial charge >= 0.3 is 0 Å². The van der Waals surface area contributed by atoms with Crippen LogP contribution in [0.15, 0.2) is 18.2 Å². The minimum absolute atomic E-state index is 0.199. The normalized spacial score (nSPS) is 13.6.